The molecule has 0 radical (unpaired) electrons. The number of rotatable bonds is 14. The Hall–Kier alpha value is -1.84. The molecular formula is C29H43FO3. The number of hydrogen-bond donors (Lipinski definition) is 0. The highest BCUT2D eigenvalue weighted by Gasteiger charge is 2.21. The average Bonchev–Trinajstić information content (AvgIpc) is 2.82. The fourth-order valence-corrected chi connectivity index (χ4v) is 5.26. The highest BCUT2D eigenvalue weighted by atomic mass is 19.1. The van der Waals surface area contributed by atoms with Gasteiger partial charge >= 0.3 is 5.63 Å². The van der Waals surface area contributed by atoms with Gasteiger partial charge in [0, 0.05) is 6.42 Å². The minimum absolute atomic E-state index is 0.00164. The third-order valence-corrected chi connectivity index (χ3v) is 7.33. The van der Waals surface area contributed by atoms with E-state index in [0.29, 0.717) is 23.7 Å². The van der Waals surface area contributed by atoms with Crippen LogP contribution in [0.1, 0.15) is 109 Å². The maximum Gasteiger partial charge on any atom is 0.346 e. The summed E-state index contributed by atoms with van der Waals surface area (Å²) >= 11 is 0. The second kappa shape index (κ2) is 13.8. The van der Waals surface area contributed by atoms with Crippen LogP contribution >= 0.6 is 0 Å². The van der Waals surface area contributed by atoms with Gasteiger partial charge in [-0.1, -0.05) is 97.0 Å². The Bertz CT molecular complexity index is 896. The lowest BCUT2D eigenvalue weighted by atomic mass is 9.78. The van der Waals surface area contributed by atoms with E-state index < -0.39 is 11.4 Å². The van der Waals surface area contributed by atoms with E-state index >= 15 is 0 Å². The molecule has 0 aliphatic heterocycles. The van der Waals surface area contributed by atoms with Crippen LogP contribution in [0.3, 0.4) is 0 Å². The summed E-state index contributed by atoms with van der Waals surface area (Å²) in [6.07, 6.45) is 18.9. The van der Waals surface area contributed by atoms with Crippen LogP contribution < -0.4 is 10.4 Å². The molecule has 2 aromatic rings. The molecule has 0 unspecified atom stereocenters. The highest BCUT2D eigenvalue weighted by Crippen LogP contribution is 2.34. The number of benzene rings is 1. The molecule has 0 amide bonds. The van der Waals surface area contributed by atoms with Gasteiger partial charge in [-0.25, -0.2) is 9.18 Å². The topological polar surface area (TPSA) is 39.4 Å². The summed E-state index contributed by atoms with van der Waals surface area (Å²) in [6.45, 7) is 4.66. The van der Waals surface area contributed by atoms with Gasteiger partial charge < -0.3 is 9.15 Å². The molecule has 4 heteroatoms. The molecule has 0 bridgehead atoms. The molecule has 3 nitrogen and oxygen atoms in total. The summed E-state index contributed by atoms with van der Waals surface area (Å²) in [6, 6.07) is 5.21. The number of ether oxygens (including phenoxy) is 1. The summed E-state index contributed by atoms with van der Waals surface area (Å²) < 4.78 is 25.6. The molecule has 1 saturated carbocycles. The van der Waals surface area contributed by atoms with Crippen LogP contribution in [0, 0.1) is 17.7 Å². The fourth-order valence-electron chi connectivity index (χ4n) is 5.26. The summed E-state index contributed by atoms with van der Waals surface area (Å²) in [5.41, 5.74) is -0.597. The minimum atomic E-state index is -0.611. The molecule has 1 aliphatic rings. The van der Waals surface area contributed by atoms with Crippen LogP contribution in [-0.4, -0.2) is 6.61 Å². The molecule has 33 heavy (non-hydrogen) atoms. The van der Waals surface area contributed by atoms with E-state index in [1.165, 1.54) is 77.0 Å². The first kappa shape index (κ1) is 25.8. The minimum Gasteiger partial charge on any atom is -0.491 e. The van der Waals surface area contributed by atoms with E-state index in [2.05, 4.69) is 6.92 Å². The molecular weight excluding hydrogens is 415 g/mol. The first-order chi connectivity index (χ1) is 16.1. The highest BCUT2D eigenvalue weighted by molar-refractivity contribution is 5.83. The Morgan fingerprint density at radius 2 is 1.58 bits per heavy atom. The number of hydrogen-bond acceptors (Lipinski definition) is 3. The number of aryl methyl sites for hydroxylation is 1. The quantitative estimate of drug-likeness (QED) is 0.266. The second-order valence-corrected chi connectivity index (χ2v) is 10.0. The van der Waals surface area contributed by atoms with Crippen molar-refractivity contribution in [3.05, 3.63) is 40.2 Å². The van der Waals surface area contributed by atoms with E-state index in [1.807, 2.05) is 13.0 Å². The van der Waals surface area contributed by atoms with Gasteiger partial charge in [0.05, 0.1) is 6.61 Å². The molecule has 1 aliphatic carbocycles. The van der Waals surface area contributed by atoms with E-state index in [0.717, 1.165) is 25.2 Å². The molecule has 1 fully saturated rings. The average molecular weight is 459 g/mol. The van der Waals surface area contributed by atoms with Gasteiger partial charge in [-0.3, -0.25) is 0 Å². The molecule has 0 N–H and O–H groups in total. The molecule has 0 spiro atoms. The lowest BCUT2D eigenvalue weighted by Crippen LogP contribution is -2.15. The molecule has 1 heterocycles. The van der Waals surface area contributed by atoms with Gasteiger partial charge in [-0.2, -0.15) is 0 Å². The van der Waals surface area contributed by atoms with Crippen LogP contribution in [0.4, 0.5) is 4.39 Å². The van der Waals surface area contributed by atoms with Gasteiger partial charge in [-0.05, 0) is 42.2 Å². The van der Waals surface area contributed by atoms with Gasteiger partial charge in [-0.15, -0.1) is 0 Å². The van der Waals surface area contributed by atoms with E-state index in [4.69, 9.17) is 9.15 Å². The standard InChI is InChI=1S/C29H43FO3/c1-3-5-6-7-8-9-10-11-22-12-14-23(15-13-22)16-18-25-21-24-17-19-26(32-20-4-2)28(30)27(24)29(31)33-25/h17,19,21-23H,3-16,18,20H2,1-2H3. The monoisotopic (exact) mass is 458 g/mol. The Kier molecular flexibility index (Phi) is 10.8. The van der Waals surface area contributed by atoms with Crippen molar-refractivity contribution in [2.24, 2.45) is 11.8 Å². The van der Waals surface area contributed by atoms with Crippen LogP contribution in [0.2, 0.25) is 0 Å². The van der Waals surface area contributed by atoms with Gasteiger partial charge in [0.2, 0.25) is 0 Å². The van der Waals surface area contributed by atoms with Crippen LogP contribution in [0.15, 0.2) is 27.4 Å². The largest absolute Gasteiger partial charge is 0.491 e. The van der Waals surface area contributed by atoms with Crippen LogP contribution in [0.5, 0.6) is 5.75 Å². The van der Waals surface area contributed by atoms with Crippen molar-refractivity contribution in [2.75, 3.05) is 6.61 Å². The van der Waals surface area contributed by atoms with Crippen molar-refractivity contribution in [1.82, 2.24) is 0 Å². The predicted octanol–water partition coefficient (Wildman–Crippen LogP) is 8.60. The van der Waals surface area contributed by atoms with Crippen molar-refractivity contribution in [2.45, 2.75) is 110 Å². The lowest BCUT2D eigenvalue weighted by molar-refractivity contribution is 0.245. The van der Waals surface area contributed by atoms with Crippen molar-refractivity contribution in [3.8, 4) is 5.75 Å². The van der Waals surface area contributed by atoms with E-state index in [9.17, 15) is 9.18 Å². The Labute approximate surface area is 199 Å². The predicted molar refractivity (Wildman–Crippen MR) is 135 cm³/mol. The summed E-state index contributed by atoms with van der Waals surface area (Å²) in [5, 5.41) is 0.597. The number of halogens is 1. The summed E-state index contributed by atoms with van der Waals surface area (Å²) in [7, 11) is 0. The molecule has 1 aromatic carbocycles. The third kappa shape index (κ3) is 7.86. The van der Waals surface area contributed by atoms with Gasteiger partial charge in [0.1, 0.15) is 11.1 Å². The zero-order valence-corrected chi connectivity index (χ0v) is 20.8. The first-order valence-electron chi connectivity index (χ1n) is 13.5. The van der Waals surface area contributed by atoms with Crippen molar-refractivity contribution < 1.29 is 13.5 Å². The van der Waals surface area contributed by atoms with Gasteiger partial charge in [0.15, 0.2) is 11.6 Å². The second-order valence-electron chi connectivity index (χ2n) is 10.0. The first-order valence-corrected chi connectivity index (χ1v) is 13.5. The van der Waals surface area contributed by atoms with E-state index in [1.54, 1.807) is 12.1 Å². The molecule has 0 atom stereocenters. The number of fused-ring (bicyclic) bond motifs is 1. The maximum atomic E-state index is 14.7. The molecule has 0 saturated heterocycles. The van der Waals surface area contributed by atoms with Crippen molar-refractivity contribution in [3.63, 3.8) is 0 Å². The fraction of sp³-hybridized carbons (Fsp3) is 0.690. The zero-order valence-electron chi connectivity index (χ0n) is 20.8. The number of unbranched alkanes of at least 4 members (excludes halogenated alkanes) is 6. The smallest absolute Gasteiger partial charge is 0.346 e. The summed E-state index contributed by atoms with van der Waals surface area (Å²) in [4.78, 5) is 12.5. The van der Waals surface area contributed by atoms with Crippen LogP contribution in [-0.2, 0) is 6.42 Å². The van der Waals surface area contributed by atoms with Crippen molar-refractivity contribution >= 4 is 10.8 Å². The Balaban J connectivity index is 1.42. The Morgan fingerprint density at radius 3 is 2.27 bits per heavy atom. The van der Waals surface area contributed by atoms with Crippen LogP contribution in [0.25, 0.3) is 10.8 Å². The zero-order chi connectivity index (χ0) is 23.5. The van der Waals surface area contributed by atoms with Gasteiger partial charge in [0.25, 0.3) is 0 Å². The molecule has 184 valence electrons. The third-order valence-electron chi connectivity index (χ3n) is 7.33. The summed E-state index contributed by atoms with van der Waals surface area (Å²) in [5.74, 6) is 1.79. The van der Waals surface area contributed by atoms with E-state index in [-0.39, 0.29) is 11.1 Å². The van der Waals surface area contributed by atoms with Crippen molar-refractivity contribution in [1.29, 1.82) is 0 Å². The molecule has 3 rings (SSSR count). The maximum absolute atomic E-state index is 14.7. The normalized spacial score (nSPS) is 18.6. The molecule has 1 aromatic heterocycles. The Morgan fingerprint density at radius 1 is 0.909 bits per heavy atom. The SMILES string of the molecule is CCCCCCCCCC1CCC(CCc2cc3ccc(OCCC)c(F)c3c(=O)o2)CC1. The lowest BCUT2D eigenvalue weighted by Gasteiger charge is -2.28.